The van der Waals surface area contributed by atoms with Crippen molar-refractivity contribution >= 4 is 23.1 Å². The van der Waals surface area contributed by atoms with Gasteiger partial charge in [0.15, 0.2) is 0 Å². The van der Waals surface area contributed by atoms with Crippen LogP contribution < -0.4 is 10.0 Å². The molecule has 1 atom stereocenters. The second-order valence-corrected chi connectivity index (χ2v) is 6.73. The molecule has 2 N–H and O–H groups in total. The van der Waals surface area contributed by atoms with Crippen molar-refractivity contribution in [3.05, 3.63) is 52.7 Å². The maximum absolute atomic E-state index is 14.7. The second-order valence-electron chi connectivity index (χ2n) is 6.29. The van der Waals surface area contributed by atoms with Crippen LogP contribution in [0.15, 0.2) is 36.5 Å². The first-order chi connectivity index (χ1) is 12.2. The van der Waals surface area contributed by atoms with Crippen molar-refractivity contribution in [3.63, 3.8) is 0 Å². The van der Waals surface area contributed by atoms with Crippen LogP contribution in [0, 0.1) is 0 Å². The Morgan fingerprint density at radius 2 is 1.88 bits per heavy atom. The number of pyridine rings is 1. The molecule has 1 aromatic carbocycles. The number of hydrogen-bond acceptors (Lipinski definition) is 3. The van der Waals surface area contributed by atoms with Crippen LogP contribution in [0.25, 0.3) is 0 Å². The van der Waals surface area contributed by atoms with Gasteiger partial charge in [-0.05, 0) is 43.4 Å². The summed E-state index contributed by atoms with van der Waals surface area (Å²) in [6.07, 6.45) is -3.30. The molecule has 0 aliphatic carbocycles. The average molecular weight is 387 g/mol. The lowest BCUT2D eigenvalue weighted by atomic mass is 9.70. The van der Waals surface area contributed by atoms with Gasteiger partial charge in [-0.3, -0.25) is 0 Å². The van der Waals surface area contributed by atoms with Crippen LogP contribution in [0.4, 0.5) is 24.7 Å². The topological polar surface area (TPSA) is 39.4 Å². The number of fused-ring (bicyclic) bond motifs is 2. The first-order valence-corrected chi connectivity index (χ1v) is 8.73. The van der Waals surface area contributed by atoms with Gasteiger partial charge in [0, 0.05) is 17.1 Å². The third-order valence-electron chi connectivity index (χ3n) is 4.97. The number of aromatic nitrogens is 1. The normalized spacial score (nSPS) is 19.0. The predicted molar refractivity (Wildman–Crippen MR) is 93.2 cm³/mol. The average Bonchev–Trinajstić information content (AvgIpc) is 2.59. The molecule has 8 heteroatoms. The van der Waals surface area contributed by atoms with E-state index in [1.54, 1.807) is 4.90 Å². The highest BCUT2D eigenvalue weighted by molar-refractivity contribution is 6.30. The fraction of sp³-hybridized carbons (Fsp3) is 0.389. The van der Waals surface area contributed by atoms with Gasteiger partial charge in [-0.1, -0.05) is 30.2 Å². The maximum atomic E-state index is 14.7. The van der Waals surface area contributed by atoms with Crippen molar-refractivity contribution in [1.82, 2.24) is 4.90 Å². The van der Waals surface area contributed by atoms with Crippen LogP contribution in [0.2, 0.25) is 5.02 Å². The predicted octanol–water partition coefficient (Wildman–Crippen LogP) is 4.11. The van der Waals surface area contributed by atoms with E-state index in [1.165, 1.54) is 36.5 Å². The Kier molecular flexibility index (Phi) is 4.79. The molecule has 26 heavy (non-hydrogen) atoms. The number of nitrogens with zero attached hydrogens (tertiary/aromatic N) is 2. The fourth-order valence-corrected chi connectivity index (χ4v) is 3.74. The summed E-state index contributed by atoms with van der Waals surface area (Å²) >= 11 is 6.05. The molecule has 1 aliphatic rings. The van der Waals surface area contributed by atoms with E-state index in [2.05, 4.69) is 5.32 Å². The minimum atomic E-state index is -4.60. The molecule has 0 fully saturated rings. The Balaban J connectivity index is 2.38. The molecular weight excluding hydrogens is 367 g/mol. The summed E-state index contributed by atoms with van der Waals surface area (Å²) in [5, 5.41) is 13.3. The molecule has 0 bridgehead atoms. The number of alkyl halides is 3. The largest absolute Gasteiger partial charge is 0.404 e. The third kappa shape index (κ3) is 2.79. The Bertz CT molecular complexity index is 820. The molecule has 4 nitrogen and oxygen atoms in total. The second kappa shape index (κ2) is 6.63. The third-order valence-corrected chi connectivity index (χ3v) is 5.20. The van der Waals surface area contributed by atoms with E-state index >= 15 is 0 Å². The van der Waals surface area contributed by atoms with Gasteiger partial charge in [-0.2, -0.15) is 13.2 Å². The van der Waals surface area contributed by atoms with Crippen molar-refractivity contribution < 1.29 is 23.1 Å². The molecule has 0 radical (unpaired) electrons. The highest BCUT2D eigenvalue weighted by Gasteiger charge is 2.63. The van der Waals surface area contributed by atoms with Gasteiger partial charge in [-0.25, -0.2) is 5.32 Å². The van der Waals surface area contributed by atoms with Crippen LogP contribution in [0.1, 0.15) is 25.0 Å². The first kappa shape index (κ1) is 18.8. The molecule has 140 valence electrons. The lowest BCUT2D eigenvalue weighted by Gasteiger charge is -2.42. The lowest BCUT2D eigenvalue weighted by Crippen LogP contribution is -2.55. The Labute approximate surface area is 154 Å². The molecule has 0 amide bonds. The lowest BCUT2D eigenvalue weighted by molar-refractivity contribution is -0.893. The zero-order valence-corrected chi connectivity index (χ0v) is 15.2. The van der Waals surface area contributed by atoms with Gasteiger partial charge in [0.25, 0.3) is 0 Å². The van der Waals surface area contributed by atoms with Crippen molar-refractivity contribution in [2.75, 3.05) is 25.0 Å². The zero-order valence-electron chi connectivity index (χ0n) is 14.4. The number of hydrogen-bond donors (Lipinski definition) is 2. The summed E-state index contributed by atoms with van der Waals surface area (Å²) in [4.78, 5) is 1.72. The molecule has 0 saturated carbocycles. The SMILES string of the molecule is CCN(CC)CC1(C(F)(F)F)c2cc(Cl)ccc2Nc2c1ccc[n+]2O. The van der Waals surface area contributed by atoms with E-state index in [0.29, 0.717) is 17.8 Å². The molecule has 1 unspecified atom stereocenters. The molecule has 0 saturated heterocycles. The van der Waals surface area contributed by atoms with E-state index in [-0.39, 0.29) is 34.2 Å². The van der Waals surface area contributed by atoms with Crippen molar-refractivity contribution in [2.24, 2.45) is 0 Å². The number of benzene rings is 1. The number of likely N-dealkylation sites (N-methyl/N-ethyl adjacent to an activating group) is 1. The highest BCUT2D eigenvalue weighted by Crippen LogP contribution is 2.54. The van der Waals surface area contributed by atoms with Crippen LogP contribution in [0.3, 0.4) is 0 Å². The number of rotatable bonds is 4. The van der Waals surface area contributed by atoms with E-state index in [9.17, 15) is 18.4 Å². The molecule has 1 aliphatic heterocycles. The van der Waals surface area contributed by atoms with Crippen molar-refractivity contribution in [1.29, 1.82) is 0 Å². The summed E-state index contributed by atoms with van der Waals surface area (Å²) in [5.41, 5.74) is -2.01. The summed E-state index contributed by atoms with van der Waals surface area (Å²) < 4.78 is 44.7. The fourth-order valence-electron chi connectivity index (χ4n) is 3.57. The maximum Gasteiger partial charge on any atom is 0.404 e. The minimum Gasteiger partial charge on any atom is -0.350 e. The summed E-state index contributed by atoms with van der Waals surface area (Å²) in [6.45, 7) is 4.32. The summed E-state index contributed by atoms with van der Waals surface area (Å²) in [5.74, 6) is 0.00630. The number of halogens is 4. The highest BCUT2D eigenvalue weighted by atomic mass is 35.5. The van der Waals surface area contributed by atoms with Gasteiger partial charge in [-0.15, -0.1) is 0 Å². The molecule has 3 rings (SSSR count). The standard InChI is InChI=1S/C18H19ClF3N3O/c1-3-24(4-2)11-17(18(20,21)22)13-6-5-9-25(26)16(13)23-15-8-7-12(19)10-14(15)17/h5-10,26H,3-4,11H2,1-2H3/p+1. The monoisotopic (exact) mass is 386 g/mol. The summed E-state index contributed by atoms with van der Waals surface area (Å²) in [7, 11) is 0. The van der Waals surface area contributed by atoms with Crippen molar-refractivity contribution in [3.8, 4) is 0 Å². The van der Waals surface area contributed by atoms with Crippen LogP contribution in [-0.2, 0) is 5.41 Å². The van der Waals surface area contributed by atoms with E-state index < -0.39 is 11.6 Å². The van der Waals surface area contributed by atoms with Gasteiger partial charge in [0.1, 0.15) is 17.3 Å². The van der Waals surface area contributed by atoms with E-state index in [4.69, 9.17) is 11.6 Å². The van der Waals surface area contributed by atoms with Crippen LogP contribution in [-0.4, -0.2) is 35.9 Å². The Morgan fingerprint density at radius 3 is 2.50 bits per heavy atom. The minimum absolute atomic E-state index is 0.00630. The smallest absolute Gasteiger partial charge is 0.350 e. The summed E-state index contributed by atoms with van der Waals surface area (Å²) in [6, 6.07) is 7.20. The first-order valence-electron chi connectivity index (χ1n) is 8.35. The van der Waals surface area contributed by atoms with Gasteiger partial charge >= 0.3 is 12.0 Å². The molecule has 2 heterocycles. The van der Waals surface area contributed by atoms with Crippen molar-refractivity contribution in [2.45, 2.75) is 25.4 Å². The molecule has 1 aromatic heterocycles. The Hall–Kier alpha value is -1.99. The quantitative estimate of drug-likeness (QED) is 0.613. The van der Waals surface area contributed by atoms with Gasteiger partial charge in [0.2, 0.25) is 0 Å². The zero-order chi connectivity index (χ0) is 19.1. The Morgan fingerprint density at radius 1 is 1.19 bits per heavy atom. The van der Waals surface area contributed by atoms with Gasteiger partial charge < -0.3 is 10.1 Å². The molecular formula is C18H20ClF3N3O+. The van der Waals surface area contributed by atoms with Crippen LogP contribution >= 0.6 is 11.6 Å². The van der Waals surface area contributed by atoms with E-state index in [1.807, 2.05) is 13.8 Å². The molecule has 2 aromatic rings. The van der Waals surface area contributed by atoms with Crippen LogP contribution in [0.5, 0.6) is 0 Å². The van der Waals surface area contributed by atoms with Gasteiger partial charge in [0.05, 0.1) is 5.56 Å². The van der Waals surface area contributed by atoms with E-state index in [0.717, 1.165) is 0 Å². The number of nitrogens with one attached hydrogen (secondary N) is 1. The number of anilines is 2. The molecule has 0 spiro atoms.